The van der Waals surface area contributed by atoms with Crippen molar-refractivity contribution in [3.05, 3.63) is 34.6 Å². The van der Waals surface area contributed by atoms with E-state index in [0.29, 0.717) is 0 Å². The third-order valence-corrected chi connectivity index (χ3v) is 1.84. The van der Waals surface area contributed by atoms with E-state index in [1.54, 1.807) is 0 Å². The maximum absolute atomic E-state index is 13.0. The summed E-state index contributed by atoms with van der Waals surface area (Å²) in [5.74, 6) is -14.1. The molecule has 1 rings (SSSR count). The predicted molar refractivity (Wildman–Crippen MR) is 43.7 cm³/mol. The highest BCUT2D eigenvalue weighted by Crippen LogP contribution is 2.23. The zero-order chi connectivity index (χ0) is 14.0. The highest BCUT2D eigenvalue weighted by atomic mass is 32.2. The molecular weight excluding hydrogens is 289 g/mol. The van der Waals surface area contributed by atoms with Crippen LogP contribution in [0.25, 0.3) is 0 Å². The Bertz CT molecular complexity index is 508. The molecule has 5 nitrogen and oxygen atoms in total. The predicted octanol–water partition coefficient (Wildman–Crippen LogP) is 0.838. The SMILES string of the molecule is O=C(ONS(=O)[O-])c1c(F)c(F)c(F)c(F)c1F. The fourth-order valence-electron chi connectivity index (χ4n) is 0.907. The molecular formula is C7HF5NO4S-. The van der Waals surface area contributed by atoms with Crippen LogP contribution in [0.2, 0.25) is 0 Å². The van der Waals surface area contributed by atoms with Crippen LogP contribution in [0.1, 0.15) is 10.4 Å². The molecule has 0 spiro atoms. The Balaban J connectivity index is 3.24. The Labute approximate surface area is 97.9 Å². The smallest absolute Gasteiger partial charge is 0.363 e. The number of hydrogen-bond donors (Lipinski definition) is 1. The molecule has 1 N–H and O–H groups in total. The van der Waals surface area contributed by atoms with E-state index in [1.165, 1.54) is 0 Å². The van der Waals surface area contributed by atoms with Crippen molar-refractivity contribution in [3.8, 4) is 0 Å². The van der Waals surface area contributed by atoms with Crippen LogP contribution in [0.5, 0.6) is 0 Å². The normalized spacial score (nSPS) is 12.3. The maximum Gasteiger partial charge on any atom is 0.363 e. The Morgan fingerprint density at radius 3 is 1.78 bits per heavy atom. The van der Waals surface area contributed by atoms with Crippen molar-refractivity contribution in [2.75, 3.05) is 0 Å². The van der Waals surface area contributed by atoms with Crippen LogP contribution >= 0.6 is 0 Å². The number of benzene rings is 1. The van der Waals surface area contributed by atoms with E-state index in [-0.39, 0.29) is 0 Å². The molecule has 18 heavy (non-hydrogen) atoms. The van der Waals surface area contributed by atoms with Crippen molar-refractivity contribution in [2.24, 2.45) is 0 Å². The summed E-state index contributed by atoms with van der Waals surface area (Å²) in [4.78, 5) is 15.4. The summed E-state index contributed by atoms with van der Waals surface area (Å²) >= 11 is -3.14. The second-order valence-corrected chi connectivity index (χ2v) is 3.29. The zero-order valence-electron chi connectivity index (χ0n) is 7.93. The van der Waals surface area contributed by atoms with Gasteiger partial charge in [-0.1, -0.05) is 4.89 Å². The van der Waals surface area contributed by atoms with E-state index in [9.17, 15) is 35.5 Å². The van der Waals surface area contributed by atoms with Crippen LogP contribution in [0.4, 0.5) is 22.0 Å². The summed E-state index contributed by atoms with van der Waals surface area (Å²) in [6.45, 7) is 0. The van der Waals surface area contributed by atoms with E-state index < -0.39 is 51.9 Å². The summed E-state index contributed by atoms with van der Waals surface area (Å²) in [5, 5.41) is 0. The van der Waals surface area contributed by atoms with Gasteiger partial charge in [0.2, 0.25) is 5.82 Å². The topological polar surface area (TPSA) is 78.5 Å². The van der Waals surface area contributed by atoms with Gasteiger partial charge in [-0.2, -0.15) is 0 Å². The molecule has 0 aliphatic carbocycles. The summed E-state index contributed by atoms with van der Waals surface area (Å²) in [7, 11) is 0. The molecule has 0 aromatic heterocycles. The monoisotopic (exact) mass is 290 g/mol. The van der Waals surface area contributed by atoms with Crippen molar-refractivity contribution in [3.63, 3.8) is 0 Å². The molecule has 0 radical (unpaired) electrons. The summed E-state index contributed by atoms with van der Waals surface area (Å²) in [6, 6.07) is 0. The fourth-order valence-corrected chi connectivity index (χ4v) is 1.05. The molecule has 0 aliphatic rings. The van der Waals surface area contributed by atoms with Gasteiger partial charge in [0.05, 0.1) is 11.3 Å². The zero-order valence-corrected chi connectivity index (χ0v) is 8.75. The molecule has 1 aromatic rings. The fraction of sp³-hybridized carbons (Fsp3) is 0. The molecule has 1 atom stereocenters. The maximum atomic E-state index is 13.0. The molecule has 1 unspecified atom stereocenters. The standard InChI is InChI=1S/C7H2F5NO4S/c8-2-1(7(14)17-13-18(15)16)3(9)5(11)6(12)4(2)10/h13H,(H,15,16)/p-1. The number of nitrogens with one attached hydrogen (secondary N) is 1. The van der Waals surface area contributed by atoms with Crippen LogP contribution in [0.3, 0.4) is 0 Å². The van der Waals surface area contributed by atoms with Crippen molar-refractivity contribution in [1.82, 2.24) is 4.89 Å². The third-order valence-electron chi connectivity index (χ3n) is 1.62. The first-order chi connectivity index (χ1) is 8.27. The summed E-state index contributed by atoms with van der Waals surface area (Å²) in [6.07, 6.45) is 0. The van der Waals surface area contributed by atoms with Gasteiger partial charge >= 0.3 is 5.97 Å². The number of carbonyl (C=O) groups is 1. The average Bonchev–Trinajstić information content (AvgIpc) is 2.31. The van der Waals surface area contributed by atoms with Gasteiger partial charge in [-0.05, 0) is 0 Å². The minimum atomic E-state index is -3.14. The van der Waals surface area contributed by atoms with E-state index in [4.69, 9.17) is 0 Å². The highest BCUT2D eigenvalue weighted by molar-refractivity contribution is 7.76. The molecule has 0 fully saturated rings. The Morgan fingerprint density at radius 1 is 1.00 bits per heavy atom. The van der Waals surface area contributed by atoms with E-state index in [0.717, 1.165) is 4.89 Å². The molecule has 1 aromatic carbocycles. The lowest BCUT2D eigenvalue weighted by molar-refractivity contribution is 0.0389. The minimum Gasteiger partial charge on any atom is -0.758 e. The Hall–Kier alpha value is -1.59. The van der Waals surface area contributed by atoms with Crippen LogP contribution in [-0.2, 0) is 16.1 Å². The first kappa shape index (κ1) is 14.5. The van der Waals surface area contributed by atoms with Crippen molar-refractivity contribution < 1.29 is 40.3 Å². The van der Waals surface area contributed by atoms with E-state index in [2.05, 4.69) is 4.84 Å². The lowest BCUT2D eigenvalue weighted by atomic mass is 10.1. The van der Waals surface area contributed by atoms with Crippen LogP contribution in [-0.4, -0.2) is 14.7 Å². The number of carbonyl (C=O) groups excluding carboxylic acids is 1. The summed E-state index contributed by atoms with van der Waals surface area (Å²) in [5.41, 5.74) is -1.91. The highest BCUT2D eigenvalue weighted by Gasteiger charge is 2.30. The van der Waals surface area contributed by atoms with Crippen LogP contribution < -0.4 is 4.89 Å². The summed E-state index contributed by atoms with van der Waals surface area (Å²) < 4.78 is 83.6. The van der Waals surface area contributed by atoms with Gasteiger partial charge in [0.1, 0.15) is 5.56 Å². The van der Waals surface area contributed by atoms with Crippen molar-refractivity contribution >= 4 is 17.2 Å². The third kappa shape index (κ3) is 2.63. The molecule has 0 saturated carbocycles. The molecule has 0 heterocycles. The van der Waals surface area contributed by atoms with Gasteiger partial charge in [-0.3, -0.25) is 4.21 Å². The largest absolute Gasteiger partial charge is 0.758 e. The Morgan fingerprint density at radius 2 is 1.39 bits per heavy atom. The van der Waals surface area contributed by atoms with E-state index in [1.807, 2.05) is 0 Å². The average molecular weight is 290 g/mol. The van der Waals surface area contributed by atoms with E-state index >= 15 is 0 Å². The number of rotatable bonds is 3. The molecule has 0 aliphatic heterocycles. The first-order valence-electron chi connectivity index (χ1n) is 3.84. The van der Waals surface area contributed by atoms with Gasteiger partial charge in [0.15, 0.2) is 23.3 Å². The van der Waals surface area contributed by atoms with Gasteiger partial charge < -0.3 is 9.39 Å². The lowest BCUT2D eigenvalue weighted by Crippen LogP contribution is -2.24. The van der Waals surface area contributed by atoms with Crippen molar-refractivity contribution in [2.45, 2.75) is 0 Å². The van der Waals surface area contributed by atoms with Crippen LogP contribution in [0, 0.1) is 29.1 Å². The first-order valence-corrected chi connectivity index (χ1v) is 4.92. The van der Waals surface area contributed by atoms with Gasteiger partial charge in [-0.15, -0.1) is 0 Å². The Kier molecular flexibility index (Phi) is 4.32. The molecule has 0 saturated heterocycles. The van der Waals surface area contributed by atoms with Gasteiger partial charge in [-0.25, -0.2) is 26.7 Å². The second kappa shape index (κ2) is 5.37. The molecule has 0 amide bonds. The minimum absolute atomic E-state index is 0.947. The second-order valence-electron chi connectivity index (χ2n) is 2.65. The molecule has 11 heteroatoms. The lowest BCUT2D eigenvalue weighted by Gasteiger charge is -2.09. The number of halogens is 5. The molecule has 0 bridgehead atoms. The van der Waals surface area contributed by atoms with Crippen molar-refractivity contribution in [1.29, 1.82) is 0 Å². The van der Waals surface area contributed by atoms with Gasteiger partial charge in [0, 0.05) is 0 Å². The van der Waals surface area contributed by atoms with Gasteiger partial charge in [0.25, 0.3) is 0 Å². The molecule has 100 valence electrons. The van der Waals surface area contributed by atoms with Crippen LogP contribution in [0.15, 0.2) is 0 Å². The quantitative estimate of drug-likeness (QED) is 0.294. The number of hydrogen-bond acceptors (Lipinski definition) is 4.